The van der Waals surface area contributed by atoms with Crippen LogP contribution in [0.2, 0.25) is 0 Å². The standard InChI is InChI=1S/C5H10N2O2.CH3Cl/c8-5(9)7-4-1-2-6-3-4;1-2/h4,6-7H,1-3H2,(H,8,9);1H3/t4-;/m1./s1. The summed E-state index contributed by atoms with van der Waals surface area (Å²) >= 11 is 4.64. The van der Waals surface area contributed by atoms with E-state index in [2.05, 4.69) is 22.2 Å². The van der Waals surface area contributed by atoms with Gasteiger partial charge in [-0.1, -0.05) is 0 Å². The van der Waals surface area contributed by atoms with E-state index < -0.39 is 6.09 Å². The van der Waals surface area contributed by atoms with Gasteiger partial charge in [0.25, 0.3) is 0 Å². The van der Waals surface area contributed by atoms with E-state index in [4.69, 9.17) is 5.11 Å². The molecule has 0 spiro atoms. The highest BCUT2D eigenvalue weighted by atomic mass is 35.5. The first kappa shape index (κ1) is 10.5. The molecule has 1 aliphatic rings. The van der Waals surface area contributed by atoms with Crippen molar-refractivity contribution < 1.29 is 9.90 Å². The van der Waals surface area contributed by atoms with Crippen molar-refractivity contribution in [3.63, 3.8) is 0 Å². The van der Waals surface area contributed by atoms with Crippen LogP contribution in [0.15, 0.2) is 0 Å². The van der Waals surface area contributed by atoms with Crippen LogP contribution in [0.3, 0.4) is 0 Å². The molecule has 1 fully saturated rings. The Morgan fingerprint density at radius 3 is 2.73 bits per heavy atom. The highest BCUT2D eigenvalue weighted by molar-refractivity contribution is 6.15. The Balaban J connectivity index is 0.000000461. The minimum absolute atomic E-state index is 0.127. The second-order valence-corrected chi connectivity index (χ2v) is 2.14. The third kappa shape index (κ3) is 4.86. The summed E-state index contributed by atoms with van der Waals surface area (Å²) in [4.78, 5) is 10.0. The zero-order valence-corrected chi connectivity index (χ0v) is 7.19. The first-order valence-electron chi connectivity index (χ1n) is 3.37. The van der Waals surface area contributed by atoms with E-state index in [-0.39, 0.29) is 6.04 Å². The monoisotopic (exact) mass is 180 g/mol. The van der Waals surface area contributed by atoms with Crippen LogP contribution in [0.4, 0.5) is 4.79 Å². The van der Waals surface area contributed by atoms with Gasteiger partial charge in [0.15, 0.2) is 0 Å². The third-order valence-corrected chi connectivity index (χ3v) is 1.39. The summed E-state index contributed by atoms with van der Waals surface area (Å²) in [6.45, 7) is 1.69. The smallest absolute Gasteiger partial charge is 0.404 e. The van der Waals surface area contributed by atoms with Gasteiger partial charge in [-0.15, -0.1) is 11.6 Å². The summed E-state index contributed by atoms with van der Waals surface area (Å²) in [5, 5.41) is 13.7. The molecule has 11 heavy (non-hydrogen) atoms. The molecule has 0 unspecified atom stereocenters. The topological polar surface area (TPSA) is 61.4 Å². The second-order valence-electron chi connectivity index (χ2n) is 2.14. The Kier molecular flexibility index (Phi) is 5.97. The maximum atomic E-state index is 10.0. The third-order valence-electron chi connectivity index (χ3n) is 1.39. The molecule has 5 heteroatoms. The fourth-order valence-corrected chi connectivity index (χ4v) is 0.952. The van der Waals surface area contributed by atoms with E-state index in [1.807, 2.05) is 0 Å². The molecule has 0 radical (unpaired) electrons. The summed E-state index contributed by atoms with van der Waals surface area (Å²) in [6, 6.07) is 0.127. The number of nitrogens with one attached hydrogen (secondary N) is 2. The predicted molar refractivity (Wildman–Crippen MR) is 44.2 cm³/mol. The second kappa shape index (κ2) is 6.24. The number of rotatable bonds is 1. The molecule has 1 aliphatic heterocycles. The lowest BCUT2D eigenvalue weighted by molar-refractivity contribution is 0.190. The Morgan fingerprint density at radius 1 is 1.73 bits per heavy atom. The van der Waals surface area contributed by atoms with Crippen molar-refractivity contribution in [3.05, 3.63) is 0 Å². The lowest BCUT2D eigenvalue weighted by Crippen LogP contribution is -2.34. The molecule has 1 saturated heterocycles. The van der Waals surface area contributed by atoms with Crippen LogP contribution in [-0.4, -0.2) is 36.7 Å². The van der Waals surface area contributed by atoms with Gasteiger partial charge in [0.1, 0.15) is 0 Å². The van der Waals surface area contributed by atoms with Crippen LogP contribution in [0.25, 0.3) is 0 Å². The minimum atomic E-state index is -0.927. The molecule has 1 rings (SSSR count). The van der Waals surface area contributed by atoms with E-state index in [1.165, 1.54) is 6.38 Å². The molecule has 0 aromatic rings. The van der Waals surface area contributed by atoms with Crippen molar-refractivity contribution in [1.29, 1.82) is 0 Å². The summed E-state index contributed by atoms with van der Waals surface area (Å²) in [5.74, 6) is 0. The Bertz CT molecular complexity index is 115. The molecular formula is C6H13ClN2O2. The largest absolute Gasteiger partial charge is 0.465 e. The van der Waals surface area contributed by atoms with E-state index in [9.17, 15) is 4.79 Å². The van der Waals surface area contributed by atoms with Crippen molar-refractivity contribution in [2.75, 3.05) is 19.5 Å². The van der Waals surface area contributed by atoms with Crippen LogP contribution >= 0.6 is 11.6 Å². The SMILES string of the molecule is CCl.O=C(O)N[C@@H]1CCNC1. The van der Waals surface area contributed by atoms with Gasteiger partial charge in [0.05, 0.1) is 0 Å². The van der Waals surface area contributed by atoms with E-state index in [0.717, 1.165) is 19.5 Å². The number of carboxylic acid groups (broad SMARTS) is 1. The highest BCUT2D eigenvalue weighted by Crippen LogP contribution is 1.95. The number of carbonyl (C=O) groups is 1. The lowest BCUT2D eigenvalue weighted by Gasteiger charge is -2.05. The summed E-state index contributed by atoms with van der Waals surface area (Å²) < 4.78 is 0. The summed E-state index contributed by atoms with van der Waals surface area (Å²) in [7, 11) is 0. The number of amides is 1. The number of alkyl halides is 1. The van der Waals surface area contributed by atoms with E-state index >= 15 is 0 Å². The molecule has 66 valence electrons. The maximum Gasteiger partial charge on any atom is 0.404 e. The van der Waals surface area contributed by atoms with Crippen molar-refractivity contribution >= 4 is 17.7 Å². The predicted octanol–water partition coefficient (Wildman–Crippen LogP) is 0.471. The average molecular weight is 181 g/mol. The Hall–Kier alpha value is -0.480. The summed E-state index contributed by atoms with van der Waals surface area (Å²) in [5.41, 5.74) is 0. The van der Waals surface area contributed by atoms with Crippen molar-refractivity contribution in [2.45, 2.75) is 12.5 Å². The molecule has 1 amide bonds. The van der Waals surface area contributed by atoms with Crippen molar-refractivity contribution in [2.24, 2.45) is 0 Å². The highest BCUT2D eigenvalue weighted by Gasteiger charge is 2.14. The van der Waals surface area contributed by atoms with Crippen LogP contribution in [-0.2, 0) is 0 Å². The van der Waals surface area contributed by atoms with Gasteiger partial charge in [-0.3, -0.25) is 0 Å². The van der Waals surface area contributed by atoms with Gasteiger partial charge in [-0.2, -0.15) is 0 Å². The average Bonchev–Trinajstić information content (AvgIpc) is 2.43. The molecule has 0 aromatic heterocycles. The molecule has 0 saturated carbocycles. The molecule has 3 N–H and O–H groups in total. The molecular weight excluding hydrogens is 168 g/mol. The molecule has 0 aliphatic carbocycles. The molecule has 0 bridgehead atoms. The first-order chi connectivity index (χ1) is 5.29. The van der Waals surface area contributed by atoms with Gasteiger partial charge in [0, 0.05) is 19.0 Å². The molecule has 4 nitrogen and oxygen atoms in total. The minimum Gasteiger partial charge on any atom is -0.465 e. The van der Waals surface area contributed by atoms with Crippen LogP contribution < -0.4 is 10.6 Å². The summed E-state index contributed by atoms with van der Waals surface area (Å²) in [6.07, 6.45) is 1.45. The van der Waals surface area contributed by atoms with Gasteiger partial charge < -0.3 is 15.7 Å². The molecule has 1 atom stereocenters. The van der Waals surface area contributed by atoms with Gasteiger partial charge in [0.2, 0.25) is 0 Å². The van der Waals surface area contributed by atoms with Crippen LogP contribution in [0.1, 0.15) is 6.42 Å². The molecule has 0 aromatic carbocycles. The number of hydrogen-bond acceptors (Lipinski definition) is 2. The first-order valence-corrected chi connectivity index (χ1v) is 4.12. The Labute approximate surface area is 70.9 Å². The van der Waals surface area contributed by atoms with Gasteiger partial charge in [-0.05, 0) is 13.0 Å². The van der Waals surface area contributed by atoms with Crippen molar-refractivity contribution in [1.82, 2.24) is 10.6 Å². The van der Waals surface area contributed by atoms with E-state index in [0.29, 0.717) is 0 Å². The van der Waals surface area contributed by atoms with Crippen molar-refractivity contribution in [3.8, 4) is 0 Å². The molecule has 1 heterocycles. The number of halogens is 1. The normalized spacial score (nSPS) is 21.8. The zero-order valence-electron chi connectivity index (χ0n) is 6.43. The van der Waals surface area contributed by atoms with Gasteiger partial charge >= 0.3 is 6.09 Å². The van der Waals surface area contributed by atoms with Crippen LogP contribution in [0.5, 0.6) is 0 Å². The maximum absolute atomic E-state index is 10.0. The fraction of sp³-hybridized carbons (Fsp3) is 0.833. The van der Waals surface area contributed by atoms with Gasteiger partial charge in [-0.25, -0.2) is 4.79 Å². The quantitative estimate of drug-likeness (QED) is 0.515. The lowest BCUT2D eigenvalue weighted by atomic mass is 10.3. The van der Waals surface area contributed by atoms with Crippen LogP contribution in [0, 0.1) is 0 Å². The fourth-order valence-electron chi connectivity index (χ4n) is 0.952. The zero-order chi connectivity index (χ0) is 8.69. The number of hydrogen-bond donors (Lipinski definition) is 3. The van der Waals surface area contributed by atoms with E-state index in [1.54, 1.807) is 0 Å². The Morgan fingerprint density at radius 2 is 2.36 bits per heavy atom.